The molecular formula is C25H21FO5. The molecule has 0 aromatic heterocycles. The van der Waals surface area contributed by atoms with Gasteiger partial charge in [-0.25, -0.2) is 4.39 Å². The maximum absolute atomic E-state index is 13.1. The van der Waals surface area contributed by atoms with Gasteiger partial charge in [0.2, 0.25) is 5.78 Å². The van der Waals surface area contributed by atoms with Crippen molar-refractivity contribution in [1.82, 2.24) is 0 Å². The number of ether oxygens (including phenoxy) is 4. The SMILES string of the molecule is COc1ccc(OC)c(/C=C2\Oc3c(ccc(OCc4ccc(F)cc4)c3C)C2=O)c1. The van der Waals surface area contributed by atoms with Gasteiger partial charge in [0.1, 0.15) is 35.4 Å². The zero-order chi connectivity index (χ0) is 22.0. The van der Waals surface area contributed by atoms with Crippen molar-refractivity contribution in [3.8, 4) is 23.0 Å². The molecule has 0 spiro atoms. The smallest absolute Gasteiger partial charge is 0.231 e. The quantitative estimate of drug-likeness (QED) is 0.504. The number of Topliss-reactive ketones (excluding diaryl/α,β-unsaturated/α-hetero) is 1. The van der Waals surface area contributed by atoms with Gasteiger partial charge in [-0.1, -0.05) is 12.1 Å². The lowest BCUT2D eigenvalue weighted by atomic mass is 10.1. The zero-order valence-electron chi connectivity index (χ0n) is 17.4. The summed E-state index contributed by atoms with van der Waals surface area (Å²) >= 11 is 0. The normalized spacial score (nSPS) is 13.7. The van der Waals surface area contributed by atoms with Crippen LogP contribution in [0, 0.1) is 12.7 Å². The van der Waals surface area contributed by atoms with Crippen LogP contribution in [-0.4, -0.2) is 20.0 Å². The number of methoxy groups -OCH3 is 2. The lowest BCUT2D eigenvalue weighted by Gasteiger charge is -2.11. The number of carbonyl (C=O) groups is 1. The Kier molecular flexibility index (Phi) is 5.62. The second-order valence-electron chi connectivity index (χ2n) is 7.03. The molecular weight excluding hydrogens is 399 g/mol. The molecule has 0 N–H and O–H groups in total. The van der Waals surface area contributed by atoms with Crippen molar-refractivity contribution >= 4 is 11.9 Å². The average Bonchev–Trinajstić information content (AvgIpc) is 3.10. The molecule has 0 amide bonds. The molecule has 0 saturated carbocycles. The molecule has 158 valence electrons. The van der Waals surface area contributed by atoms with Gasteiger partial charge in [-0.2, -0.15) is 0 Å². The minimum Gasteiger partial charge on any atom is -0.497 e. The van der Waals surface area contributed by atoms with Crippen LogP contribution in [0.15, 0.2) is 60.4 Å². The third-order valence-corrected chi connectivity index (χ3v) is 5.07. The number of ketones is 1. The van der Waals surface area contributed by atoms with Crippen LogP contribution < -0.4 is 18.9 Å². The number of fused-ring (bicyclic) bond motifs is 1. The van der Waals surface area contributed by atoms with Crippen LogP contribution in [0.1, 0.15) is 27.0 Å². The summed E-state index contributed by atoms with van der Waals surface area (Å²) in [6, 6.07) is 14.9. The second kappa shape index (κ2) is 8.52. The molecule has 4 rings (SSSR count). The summed E-state index contributed by atoms with van der Waals surface area (Å²) in [6.45, 7) is 2.11. The van der Waals surface area contributed by atoms with E-state index in [4.69, 9.17) is 18.9 Å². The average molecular weight is 420 g/mol. The number of rotatable bonds is 6. The molecule has 0 bridgehead atoms. The van der Waals surface area contributed by atoms with Crippen molar-refractivity contribution in [1.29, 1.82) is 0 Å². The van der Waals surface area contributed by atoms with Gasteiger partial charge in [-0.3, -0.25) is 4.79 Å². The van der Waals surface area contributed by atoms with E-state index >= 15 is 0 Å². The van der Waals surface area contributed by atoms with E-state index in [1.54, 1.807) is 62.8 Å². The highest BCUT2D eigenvalue weighted by atomic mass is 19.1. The summed E-state index contributed by atoms with van der Waals surface area (Å²) in [5.41, 5.74) is 2.70. The standard InChI is InChI=1S/C25H21FO5/c1-15-21(30-14-16-4-6-18(26)7-5-16)11-9-20-24(27)23(31-25(15)20)13-17-12-19(28-2)8-10-22(17)29-3/h4-13H,14H2,1-3H3/b23-13-. The molecule has 0 atom stereocenters. The van der Waals surface area contributed by atoms with E-state index in [1.807, 2.05) is 6.92 Å². The van der Waals surface area contributed by atoms with Gasteiger partial charge >= 0.3 is 0 Å². The highest BCUT2D eigenvalue weighted by Crippen LogP contribution is 2.40. The maximum Gasteiger partial charge on any atom is 0.231 e. The Morgan fingerprint density at radius 2 is 1.71 bits per heavy atom. The number of hydrogen-bond donors (Lipinski definition) is 0. The molecule has 0 saturated heterocycles. The first-order valence-corrected chi connectivity index (χ1v) is 9.67. The lowest BCUT2D eigenvalue weighted by molar-refractivity contribution is 0.101. The van der Waals surface area contributed by atoms with Gasteiger partial charge in [-0.15, -0.1) is 0 Å². The fraction of sp³-hybridized carbons (Fsp3) is 0.160. The van der Waals surface area contributed by atoms with E-state index in [0.29, 0.717) is 39.7 Å². The van der Waals surface area contributed by atoms with Gasteiger partial charge < -0.3 is 18.9 Å². The third-order valence-electron chi connectivity index (χ3n) is 5.07. The van der Waals surface area contributed by atoms with Crippen LogP contribution in [-0.2, 0) is 6.61 Å². The molecule has 1 heterocycles. The fourth-order valence-corrected chi connectivity index (χ4v) is 3.36. The first kappa shape index (κ1) is 20.5. The van der Waals surface area contributed by atoms with Gasteiger partial charge in [0.05, 0.1) is 19.8 Å². The number of carbonyl (C=O) groups excluding carboxylic acids is 1. The first-order valence-electron chi connectivity index (χ1n) is 9.67. The summed E-state index contributed by atoms with van der Waals surface area (Å²) in [7, 11) is 3.13. The Hall–Kier alpha value is -3.80. The minimum atomic E-state index is -0.295. The van der Waals surface area contributed by atoms with Crippen LogP contribution in [0.2, 0.25) is 0 Å². The number of allylic oxidation sites excluding steroid dienone is 1. The third kappa shape index (κ3) is 4.10. The number of halogens is 1. The molecule has 0 aliphatic carbocycles. The van der Waals surface area contributed by atoms with Crippen LogP contribution in [0.25, 0.3) is 6.08 Å². The zero-order valence-corrected chi connectivity index (χ0v) is 17.4. The Morgan fingerprint density at radius 3 is 2.42 bits per heavy atom. The number of hydrogen-bond acceptors (Lipinski definition) is 5. The molecule has 0 fully saturated rings. The Labute approximate surface area is 179 Å². The van der Waals surface area contributed by atoms with Crippen LogP contribution >= 0.6 is 0 Å². The predicted octanol–water partition coefficient (Wildman–Crippen LogP) is 5.35. The van der Waals surface area contributed by atoms with Crippen molar-refractivity contribution in [3.63, 3.8) is 0 Å². The molecule has 0 unspecified atom stereocenters. The van der Waals surface area contributed by atoms with E-state index in [9.17, 15) is 9.18 Å². The van der Waals surface area contributed by atoms with E-state index in [-0.39, 0.29) is 24.0 Å². The molecule has 0 radical (unpaired) electrons. The van der Waals surface area contributed by atoms with Gasteiger partial charge in [-0.05, 0) is 61.0 Å². The first-order chi connectivity index (χ1) is 15.0. The van der Waals surface area contributed by atoms with Gasteiger partial charge in [0.25, 0.3) is 0 Å². The highest BCUT2D eigenvalue weighted by molar-refractivity contribution is 6.15. The van der Waals surface area contributed by atoms with Crippen LogP contribution in [0.3, 0.4) is 0 Å². The second-order valence-corrected chi connectivity index (χ2v) is 7.03. The summed E-state index contributed by atoms with van der Waals surface area (Å²) in [4.78, 5) is 12.9. The van der Waals surface area contributed by atoms with Crippen molar-refractivity contribution in [2.24, 2.45) is 0 Å². The van der Waals surface area contributed by atoms with Crippen molar-refractivity contribution in [2.75, 3.05) is 14.2 Å². The van der Waals surface area contributed by atoms with Gasteiger partial charge in [0.15, 0.2) is 5.76 Å². The summed E-state index contributed by atoms with van der Waals surface area (Å²) < 4.78 is 35.5. The monoisotopic (exact) mass is 420 g/mol. The molecule has 1 aliphatic rings. The molecule has 1 aliphatic heterocycles. The lowest BCUT2D eigenvalue weighted by Crippen LogP contribution is -1.99. The van der Waals surface area contributed by atoms with E-state index < -0.39 is 0 Å². The van der Waals surface area contributed by atoms with Crippen LogP contribution in [0.4, 0.5) is 4.39 Å². The molecule has 3 aromatic carbocycles. The van der Waals surface area contributed by atoms with E-state index in [1.165, 1.54) is 12.1 Å². The topological polar surface area (TPSA) is 54.0 Å². The minimum absolute atomic E-state index is 0.195. The van der Waals surface area contributed by atoms with Crippen molar-refractivity contribution in [3.05, 3.63) is 88.4 Å². The summed E-state index contributed by atoms with van der Waals surface area (Å²) in [5, 5.41) is 0. The van der Waals surface area contributed by atoms with E-state index in [2.05, 4.69) is 0 Å². The largest absolute Gasteiger partial charge is 0.497 e. The Morgan fingerprint density at radius 1 is 0.968 bits per heavy atom. The summed E-state index contributed by atoms with van der Waals surface area (Å²) in [6.07, 6.45) is 1.64. The van der Waals surface area contributed by atoms with Gasteiger partial charge in [0, 0.05) is 11.1 Å². The number of benzene rings is 3. The van der Waals surface area contributed by atoms with Crippen molar-refractivity contribution in [2.45, 2.75) is 13.5 Å². The fourth-order valence-electron chi connectivity index (χ4n) is 3.36. The molecule has 5 nitrogen and oxygen atoms in total. The molecule has 31 heavy (non-hydrogen) atoms. The predicted molar refractivity (Wildman–Crippen MR) is 114 cm³/mol. The van der Waals surface area contributed by atoms with E-state index in [0.717, 1.165) is 5.56 Å². The van der Waals surface area contributed by atoms with Crippen LogP contribution in [0.5, 0.6) is 23.0 Å². The Balaban J connectivity index is 1.60. The Bertz CT molecular complexity index is 1170. The maximum atomic E-state index is 13.1. The van der Waals surface area contributed by atoms with Crippen molar-refractivity contribution < 1.29 is 28.1 Å². The molecule has 6 heteroatoms. The summed E-state index contributed by atoms with van der Waals surface area (Å²) in [5.74, 6) is 1.99. The highest BCUT2D eigenvalue weighted by Gasteiger charge is 2.30. The molecule has 3 aromatic rings.